The Balaban J connectivity index is 1.90. The van der Waals surface area contributed by atoms with Crippen molar-refractivity contribution in [2.24, 2.45) is 4.99 Å². The summed E-state index contributed by atoms with van der Waals surface area (Å²) in [5, 5.41) is 0.732. The van der Waals surface area contributed by atoms with Crippen LogP contribution in [0.5, 0.6) is 5.75 Å². The molecule has 0 fully saturated rings. The van der Waals surface area contributed by atoms with Crippen LogP contribution in [-0.2, 0) is 9.53 Å². The van der Waals surface area contributed by atoms with E-state index in [1.54, 1.807) is 22.8 Å². The number of aromatic nitrogens is 1. The van der Waals surface area contributed by atoms with Gasteiger partial charge in [-0.25, -0.2) is 9.79 Å². The molecule has 0 radical (unpaired) electrons. The van der Waals surface area contributed by atoms with E-state index in [-0.39, 0.29) is 11.7 Å². The summed E-state index contributed by atoms with van der Waals surface area (Å²) in [4.78, 5) is 31.7. The number of methoxy groups -OCH3 is 1. The van der Waals surface area contributed by atoms with Gasteiger partial charge in [-0.3, -0.25) is 9.36 Å². The van der Waals surface area contributed by atoms with E-state index in [0.717, 1.165) is 12.0 Å². The number of fused-ring (bicyclic) bond motifs is 1. The molecule has 2 atom stereocenters. The Kier molecular flexibility index (Phi) is 8.03. The standard InChI is InChI=1S/C27H26Cl2N2O4S/c1-5-15(3)35-24-18(28)12-16(13-19(24)29)14-21-25(32)31-23(17-10-8-7-9-11-17)22(26(33)34-4)20(6-2)30-27(31)36-21/h7-15,23H,5-6H2,1-4H3/b21-14-/t15-,23-/m0/s1. The van der Waals surface area contributed by atoms with Crippen LogP contribution in [-0.4, -0.2) is 23.8 Å². The molecule has 9 heteroatoms. The first-order valence-electron chi connectivity index (χ1n) is 11.6. The maximum Gasteiger partial charge on any atom is 0.338 e. The number of esters is 1. The Morgan fingerprint density at radius 1 is 1.19 bits per heavy atom. The van der Waals surface area contributed by atoms with Gasteiger partial charge in [-0.2, -0.15) is 0 Å². The third-order valence-electron chi connectivity index (χ3n) is 5.98. The van der Waals surface area contributed by atoms with Gasteiger partial charge in [-0.05, 0) is 49.1 Å². The number of allylic oxidation sites excluding steroid dienone is 1. The minimum atomic E-state index is -0.648. The second-order valence-corrected chi connectivity index (χ2v) is 10.2. The van der Waals surface area contributed by atoms with E-state index in [0.29, 0.717) is 48.4 Å². The van der Waals surface area contributed by atoms with Crippen LogP contribution in [0.15, 0.2) is 63.5 Å². The number of halogens is 2. The molecule has 6 nitrogen and oxygen atoms in total. The largest absolute Gasteiger partial charge is 0.488 e. The van der Waals surface area contributed by atoms with Crippen molar-refractivity contribution >= 4 is 46.6 Å². The maximum atomic E-state index is 13.7. The average Bonchev–Trinajstić information content (AvgIpc) is 3.19. The van der Waals surface area contributed by atoms with E-state index < -0.39 is 12.0 Å². The minimum Gasteiger partial charge on any atom is -0.488 e. The highest BCUT2D eigenvalue weighted by atomic mass is 35.5. The van der Waals surface area contributed by atoms with Crippen molar-refractivity contribution in [1.29, 1.82) is 0 Å². The molecule has 4 rings (SSSR count). The van der Waals surface area contributed by atoms with E-state index in [1.165, 1.54) is 18.4 Å². The predicted molar refractivity (Wildman–Crippen MR) is 144 cm³/mol. The van der Waals surface area contributed by atoms with Crippen LogP contribution in [0.3, 0.4) is 0 Å². The number of benzene rings is 2. The third kappa shape index (κ3) is 5.01. The Morgan fingerprint density at radius 3 is 2.44 bits per heavy atom. The molecule has 0 saturated heterocycles. The maximum absolute atomic E-state index is 13.7. The Hall–Kier alpha value is -2.87. The van der Waals surface area contributed by atoms with E-state index in [9.17, 15) is 9.59 Å². The van der Waals surface area contributed by atoms with Crippen LogP contribution in [0.1, 0.15) is 50.8 Å². The summed E-state index contributed by atoms with van der Waals surface area (Å²) >= 11 is 14.2. The molecule has 0 bridgehead atoms. The topological polar surface area (TPSA) is 69.9 Å². The fraction of sp³-hybridized carbons (Fsp3) is 0.296. The van der Waals surface area contributed by atoms with Gasteiger partial charge in [0.05, 0.1) is 45.1 Å². The number of ether oxygens (including phenoxy) is 2. The predicted octanol–water partition coefficient (Wildman–Crippen LogP) is 5.28. The van der Waals surface area contributed by atoms with Gasteiger partial charge < -0.3 is 9.47 Å². The SMILES string of the molecule is CCC1=C(C(=O)OC)[C@H](c2ccccc2)n2c(s/c(=C\c3cc(Cl)c(O[C@@H](C)CC)c(Cl)c3)c2=O)=N1. The minimum absolute atomic E-state index is 0.0377. The summed E-state index contributed by atoms with van der Waals surface area (Å²) in [6.07, 6.45) is 3.02. The summed E-state index contributed by atoms with van der Waals surface area (Å²) in [6.45, 7) is 5.88. The number of hydrogen-bond acceptors (Lipinski definition) is 6. The summed E-state index contributed by atoms with van der Waals surface area (Å²) in [5.74, 6) is -0.0835. The first-order valence-corrected chi connectivity index (χ1v) is 13.2. The lowest BCUT2D eigenvalue weighted by atomic mass is 9.95. The highest BCUT2D eigenvalue weighted by Gasteiger charge is 2.33. The molecule has 0 unspecified atom stereocenters. The Labute approximate surface area is 223 Å². The molecule has 0 N–H and O–H groups in total. The first kappa shape index (κ1) is 26.2. The molecule has 0 amide bonds. The molecular formula is C27H26Cl2N2O4S. The lowest BCUT2D eigenvalue weighted by Gasteiger charge is -2.25. The fourth-order valence-electron chi connectivity index (χ4n) is 4.03. The van der Waals surface area contributed by atoms with Gasteiger partial charge in [0.1, 0.15) is 0 Å². The van der Waals surface area contributed by atoms with Crippen LogP contribution in [0, 0.1) is 0 Å². The number of rotatable bonds is 7. The van der Waals surface area contributed by atoms with Crippen molar-refractivity contribution in [1.82, 2.24) is 4.57 Å². The first-order chi connectivity index (χ1) is 17.3. The summed E-state index contributed by atoms with van der Waals surface area (Å²) in [5.41, 5.74) is 2.15. The van der Waals surface area contributed by atoms with Gasteiger partial charge in [-0.1, -0.05) is 78.7 Å². The van der Waals surface area contributed by atoms with E-state index >= 15 is 0 Å². The number of carbonyl (C=O) groups excluding carboxylic acids is 1. The molecule has 2 aromatic carbocycles. The molecule has 0 spiro atoms. The van der Waals surface area contributed by atoms with E-state index in [4.69, 9.17) is 32.7 Å². The van der Waals surface area contributed by atoms with Gasteiger partial charge in [-0.15, -0.1) is 0 Å². The molecule has 0 aliphatic carbocycles. The van der Waals surface area contributed by atoms with Crippen LogP contribution in [0.4, 0.5) is 0 Å². The fourth-order valence-corrected chi connectivity index (χ4v) is 5.64. The molecule has 1 aliphatic heterocycles. The third-order valence-corrected chi connectivity index (χ3v) is 7.52. The monoisotopic (exact) mass is 544 g/mol. The normalized spacial score (nSPS) is 16.4. The van der Waals surface area contributed by atoms with Crippen molar-refractivity contribution in [2.45, 2.75) is 45.8 Å². The highest BCUT2D eigenvalue weighted by Crippen LogP contribution is 2.36. The van der Waals surface area contributed by atoms with Crippen molar-refractivity contribution in [3.05, 3.63) is 94.6 Å². The van der Waals surface area contributed by atoms with Crippen LogP contribution < -0.4 is 19.6 Å². The van der Waals surface area contributed by atoms with Crippen molar-refractivity contribution < 1.29 is 14.3 Å². The second-order valence-electron chi connectivity index (χ2n) is 8.35. The molecule has 188 valence electrons. The van der Waals surface area contributed by atoms with Gasteiger partial charge in [0.25, 0.3) is 5.56 Å². The average molecular weight is 545 g/mol. The number of hydrogen-bond donors (Lipinski definition) is 0. The second kappa shape index (κ2) is 11.0. The Bertz CT molecular complexity index is 1490. The van der Waals surface area contributed by atoms with Crippen LogP contribution in [0.2, 0.25) is 10.0 Å². The highest BCUT2D eigenvalue weighted by molar-refractivity contribution is 7.07. The Morgan fingerprint density at radius 2 is 1.86 bits per heavy atom. The zero-order valence-electron chi connectivity index (χ0n) is 20.4. The smallest absolute Gasteiger partial charge is 0.338 e. The quantitative estimate of drug-likeness (QED) is 0.379. The van der Waals surface area contributed by atoms with Gasteiger partial charge >= 0.3 is 5.97 Å². The summed E-state index contributed by atoms with van der Waals surface area (Å²) < 4.78 is 12.9. The van der Waals surface area contributed by atoms with Gasteiger partial charge in [0, 0.05) is 0 Å². The van der Waals surface area contributed by atoms with E-state index in [1.807, 2.05) is 51.1 Å². The zero-order chi connectivity index (χ0) is 26.0. The zero-order valence-corrected chi connectivity index (χ0v) is 22.7. The van der Waals surface area contributed by atoms with Crippen LogP contribution in [0.25, 0.3) is 6.08 Å². The van der Waals surface area contributed by atoms with Gasteiger partial charge in [0.2, 0.25) is 0 Å². The van der Waals surface area contributed by atoms with Gasteiger partial charge in [0.15, 0.2) is 10.6 Å². The lowest BCUT2D eigenvalue weighted by Crippen LogP contribution is -2.40. The molecule has 0 saturated carbocycles. The van der Waals surface area contributed by atoms with Crippen molar-refractivity contribution in [3.63, 3.8) is 0 Å². The number of carbonyl (C=O) groups is 1. The molecule has 36 heavy (non-hydrogen) atoms. The van der Waals surface area contributed by atoms with Crippen molar-refractivity contribution in [3.8, 4) is 5.75 Å². The molecule has 2 heterocycles. The van der Waals surface area contributed by atoms with Crippen molar-refractivity contribution in [2.75, 3.05) is 7.11 Å². The molecular weight excluding hydrogens is 519 g/mol. The molecule has 1 aromatic heterocycles. The molecule has 1 aliphatic rings. The van der Waals surface area contributed by atoms with Crippen LogP contribution >= 0.6 is 34.5 Å². The number of nitrogens with zero attached hydrogens (tertiary/aromatic N) is 2. The summed E-state index contributed by atoms with van der Waals surface area (Å²) in [7, 11) is 1.33. The lowest BCUT2D eigenvalue weighted by molar-refractivity contribution is -0.136. The molecule has 3 aromatic rings. The van der Waals surface area contributed by atoms with E-state index in [2.05, 4.69) is 4.99 Å². The number of thiazole rings is 1. The summed E-state index contributed by atoms with van der Waals surface area (Å²) in [6, 6.07) is 12.2.